The highest BCUT2D eigenvalue weighted by Crippen LogP contribution is 2.24. The van der Waals surface area contributed by atoms with Gasteiger partial charge in [0.05, 0.1) is 5.70 Å². The molecule has 0 aromatic heterocycles. The van der Waals surface area contributed by atoms with E-state index in [9.17, 15) is 0 Å². The van der Waals surface area contributed by atoms with Crippen molar-refractivity contribution in [2.45, 2.75) is 20.8 Å². The number of allylic oxidation sites excluding steroid dienone is 2. The van der Waals surface area contributed by atoms with E-state index in [4.69, 9.17) is 4.99 Å². The van der Waals surface area contributed by atoms with Crippen LogP contribution in [0.15, 0.2) is 96.5 Å². The fourth-order valence-corrected chi connectivity index (χ4v) is 3.15. The minimum atomic E-state index is 0.918. The van der Waals surface area contributed by atoms with E-state index in [1.807, 2.05) is 36.4 Å². The average molecular weight is 351 g/mol. The molecule has 134 valence electrons. The first-order valence-corrected chi connectivity index (χ1v) is 9.19. The lowest BCUT2D eigenvalue weighted by Crippen LogP contribution is -1.99. The van der Waals surface area contributed by atoms with Gasteiger partial charge in [-0.15, -0.1) is 0 Å². The maximum Gasteiger partial charge on any atom is 0.0711 e. The zero-order chi connectivity index (χ0) is 19.2. The van der Waals surface area contributed by atoms with Crippen molar-refractivity contribution in [2.24, 2.45) is 4.99 Å². The summed E-state index contributed by atoms with van der Waals surface area (Å²) in [6.45, 7) is 10.6. The zero-order valence-electron chi connectivity index (χ0n) is 16.2. The Morgan fingerprint density at radius 2 is 1.41 bits per heavy atom. The molecule has 0 fully saturated rings. The summed E-state index contributed by atoms with van der Waals surface area (Å²) < 4.78 is 0. The summed E-state index contributed by atoms with van der Waals surface area (Å²) in [7, 11) is 0. The topological polar surface area (TPSA) is 12.4 Å². The monoisotopic (exact) mass is 351 g/mol. The second-order valence-electron chi connectivity index (χ2n) is 6.80. The van der Waals surface area contributed by atoms with Crippen LogP contribution in [-0.4, -0.2) is 5.71 Å². The first-order valence-electron chi connectivity index (χ1n) is 9.19. The maximum atomic E-state index is 4.99. The van der Waals surface area contributed by atoms with E-state index < -0.39 is 0 Å². The van der Waals surface area contributed by atoms with Crippen molar-refractivity contribution in [3.8, 4) is 0 Å². The summed E-state index contributed by atoms with van der Waals surface area (Å²) in [4.78, 5) is 4.99. The molecule has 3 aromatic rings. The van der Waals surface area contributed by atoms with E-state index in [-0.39, 0.29) is 0 Å². The fraction of sp³-hybridized carbons (Fsp3) is 0.115. The van der Waals surface area contributed by atoms with Gasteiger partial charge in [0.2, 0.25) is 0 Å². The van der Waals surface area contributed by atoms with Crippen molar-refractivity contribution in [1.82, 2.24) is 0 Å². The standard InChI is InChI=1S/C26H25N/c1-19-15-16-25(21(3)17-19)22(4)27-26(24-13-9-6-10-14-24)18-20(2)23-11-7-5-8-12-23/h5-18H,2H2,1,3-4H3/b26-18-,27-22?. The van der Waals surface area contributed by atoms with Gasteiger partial charge in [0, 0.05) is 11.3 Å². The van der Waals surface area contributed by atoms with Crippen LogP contribution in [0, 0.1) is 13.8 Å². The number of benzene rings is 3. The highest BCUT2D eigenvalue weighted by Gasteiger charge is 2.07. The number of rotatable bonds is 5. The molecule has 0 N–H and O–H groups in total. The van der Waals surface area contributed by atoms with Crippen LogP contribution in [0.4, 0.5) is 0 Å². The van der Waals surface area contributed by atoms with Gasteiger partial charge in [-0.3, -0.25) is 4.99 Å². The molecule has 0 unspecified atom stereocenters. The minimum Gasteiger partial charge on any atom is -0.252 e. The molecule has 0 heterocycles. The Bertz CT molecular complexity index is 993. The minimum absolute atomic E-state index is 0.918. The number of nitrogens with zero attached hydrogens (tertiary/aromatic N) is 1. The van der Waals surface area contributed by atoms with Crippen LogP contribution in [0.3, 0.4) is 0 Å². The second-order valence-corrected chi connectivity index (χ2v) is 6.80. The lowest BCUT2D eigenvalue weighted by atomic mass is 10.0. The summed E-state index contributed by atoms with van der Waals surface area (Å²) in [5.41, 5.74) is 8.74. The van der Waals surface area contributed by atoms with Gasteiger partial charge in [-0.05, 0) is 49.1 Å². The average Bonchev–Trinajstić information content (AvgIpc) is 2.68. The van der Waals surface area contributed by atoms with Gasteiger partial charge in [-0.2, -0.15) is 0 Å². The second kappa shape index (κ2) is 8.46. The summed E-state index contributed by atoms with van der Waals surface area (Å²) >= 11 is 0. The van der Waals surface area contributed by atoms with Crippen molar-refractivity contribution in [3.05, 3.63) is 119 Å². The van der Waals surface area contributed by atoms with Gasteiger partial charge in [0.1, 0.15) is 0 Å². The van der Waals surface area contributed by atoms with Crippen LogP contribution >= 0.6 is 0 Å². The SMILES string of the molecule is C=C(/C=C(\N=C(C)c1ccc(C)cc1C)c1ccccc1)c1ccccc1. The van der Waals surface area contributed by atoms with E-state index in [0.29, 0.717) is 0 Å². The zero-order valence-corrected chi connectivity index (χ0v) is 16.2. The van der Waals surface area contributed by atoms with E-state index in [0.717, 1.165) is 28.1 Å². The summed E-state index contributed by atoms with van der Waals surface area (Å²) in [6.07, 6.45) is 2.07. The third-order valence-electron chi connectivity index (χ3n) is 4.58. The summed E-state index contributed by atoms with van der Waals surface area (Å²) in [5.74, 6) is 0. The number of hydrogen-bond donors (Lipinski definition) is 0. The van der Waals surface area contributed by atoms with Crippen LogP contribution in [0.5, 0.6) is 0 Å². The van der Waals surface area contributed by atoms with Gasteiger partial charge in [0.25, 0.3) is 0 Å². The van der Waals surface area contributed by atoms with E-state index in [2.05, 4.69) is 75.9 Å². The molecule has 27 heavy (non-hydrogen) atoms. The van der Waals surface area contributed by atoms with E-state index in [1.54, 1.807) is 0 Å². The number of aliphatic imine (C=N–C) groups is 1. The van der Waals surface area contributed by atoms with Gasteiger partial charge in [-0.25, -0.2) is 0 Å². The number of aryl methyl sites for hydroxylation is 2. The van der Waals surface area contributed by atoms with E-state index in [1.165, 1.54) is 16.7 Å². The molecule has 3 rings (SSSR count). The molecule has 0 spiro atoms. The molecule has 0 radical (unpaired) electrons. The molecule has 0 bridgehead atoms. The van der Waals surface area contributed by atoms with Crippen molar-refractivity contribution in [1.29, 1.82) is 0 Å². The molecule has 0 aliphatic heterocycles. The van der Waals surface area contributed by atoms with Crippen molar-refractivity contribution >= 4 is 17.0 Å². The van der Waals surface area contributed by atoms with Crippen molar-refractivity contribution in [3.63, 3.8) is 0 Å². The van der Waals surface area contributed by atoms with Crippen molar-refractivity contribution < 1.29 is 0 Å². The fourth-order valence-electron chi connectivity index (χ4n) is 3.15. The van der Waals surface area contributed by atoms with Crippen LogP contribution in [-0.2, 0) is 0 Å². The molecule has 1 nitrogen and oxygen atoms in total. The molecule has 0 saturated carbocycles. The summed E-state index contributed by atoms with van der Waals surface area (Å²) in [6, 6.07) is 27.0. The molecule has 3 aromatic carbocycles. The van der Waals surface area contributed by atoms with E-state index >= 15 is 0 Å². The van der Waals surface area contributed by atoms with Gasteiger partial charge < -0.3 is 0 Å². The molecule has 0 amide bonds. The van der Waals surface area contributed by atoms with Gasteiger partial charge in [-0.1, -0.05) is 91.0 Å². The first-order chi connectivity index (χ1) is 13.0. The third-order valence-corrected chi connectivity index (χ3v) is 4.58. The van der Waals surface area contributed by atoms with Crippen molar-refractivity contribution in [2.75, 3.05) is 0 Å². The third kappa shape index (κ3) is 4.71. The van der Waals surface area contributed by atoms with Crippen LogP contribution < -0.4 is 0 Å². The Morgan fingerprint density at radius 3 is 2.00 bits per heavy atom. The molecule has 0 saturated heterocycles. The normalized spacial score (nSPS) is 12.1. The molecule has 0 aliphatic carbocycles. The highest BCUT2D eigenvalue weighted by atomic mass is 14.8. The Balaban J connectivity index is 2.05. The quantitative estimate of drug-likeness (QED) is 0.351. The lowest BCUT2D eigenvalue weighted by molar-refractivity contribution is 1.35. The Kier molecular flexibility index (Phi) is 5.83. The van der Waals surface area contributed by atoms with Crippen LogP contribution in [0.25, 0.3) is 11.3 Å². The predicted octanol–water partition coefficient (Wildman–Crippen LogP) is 6.87. The first kappa shape index (κ1) is 18.6. The molecule has 0 aliphatic rings. The maximum absolute atomic E-state index is 4.99. The Morgan fingerprint density at radius 1 is 0.815 bits per heavy atom. The Labute approximate surface area is 162 Å². The Hall–Kier alpha value is -3.19. The number of hydrogen-bond acceptors (Lipinski definition) is 1. The van der Waals surface area contributed by atoms with Gasteiger partial charge >= 0.3 is 0 Å². The highest BCUT2D eigenvalue weighted by molar-refractivity contribution is 6.03. The molecular weight excluding hydrogens is 326 g/mol. The summed E-state index contributed by atoms with van der Waals surface area (Å²) in [5, 5.41) is 0. The predicted molar refractivity (Wildman–Crippen MR) is 118 cm³/mol. The largest absolute Gasteiger partial charge is 0.252 e. The van der Waals surface area contributed by atoms with Crippen LogP contribution in [0.2, 0.25) is 0 Å². The van der Waals surface area contributed by atoms with Crippen LogP contribution in [0.1, 0.15) is 34.7 Å². The molecule has 1 heteroatoms. The molecule has 0 atom stereocenters. The van der Waals surface area contributed by atoms with Gasteiger partial charge in [0.15, 0.2) is 0 Å². The lowest BCUT2D eigenvalue weighted by Gasteiger charge is -2.10. The molecular formula is C26H25N. The smallest absolute Gasteiger partial charge is 0.0711 e.